The van der Waals surface area contributed by atoms with Crippen LogP contribution in [0.3, 0.4) is 0 Å². The molecule has 0 aliphatic heterocycles. The summed E-state index contributed by atoms with van der Waals surface area (Å²) in [4.78, 5) is 8.68. The quantitative estimate of drug-likeness (QED) is 0.893. The van der Waals surface area contributed by atoms with Gasteiger partial charge in [0, 0.05) is 12.7 Å². The molecule has 1 unspecified atom stereocenters. The molecule has 0 spiro atoms. The summed E-state index contributed by atoms with van der Waals surface area (Å²) in [7, 11) is 0. The molecule has 0 radical (unpaired) electrons. The third kappa shape index (κ3) is 3.38. The molecule has 2 rings (SSSR count). The van der Waals surface area contributed by atoms with E-state index in [0.717, 1.165) is 17.7 Å². The number of hydrogen-bond acceptors (Lipinski definition) is 5. The topological polar surface area (TPSA) is 77.8 Å². The van der Waals surface area contributed by atoms with Crippen molar-refractivity contribution in [2.24, 2.45) is 11.7 Å². The van der Waals surface area contributed by atoms with E-state index >= 15 is 0 Å². The Labute approximate surface area is 113 Å². The van der Waals surface area contributed by atoms with Crippen LogP contribution >= 0.6 is 0 Å². The molecule has 0 bridgehead atoms. The molecule has 2 N–H and O–H groups in total. The van der Waals surface area contributed by atoms with Gasteiger partial charge in [-0.25, -0.2) is 0 Å². The summed E-state index contributed by atoms with van der Waals surface area (Å²) in [6.45, 7) is 6.83. The van der Waals surface area contributed by atoms with Crippen LogP contribution in [0.4, 0.5) is 0 Å². The number of rotatable bonds is 5. The summed E-state index contributed by atoms with van der Waals surface area (Å²) in [5.74, 6) is 1.79. The molecule has 2 aromatic rings. The third-order valence-electron chi connectivity index (χ3n) is 2.98. The summed E-state index contributed by atoms with van der Waals surface area (Å²) in [6, 6.07) is 3.88. The second-order valence-electron chi connectivity index (χ2n) is 5.24. The maximum atomic E-state index is 5.78. The van der Waals surface area contributed by atoms with E-state index in [0.29, 0.717) is 24.2 Å². The van der Waals surface area contributed by atoms with E-state index in [-0.39, 0.29) is 5.92 Å². The van der Waals surface area contributed by atoms with Crippen LogP contribution in [-0.4, -0.2) is 21.7 Å². The van der Waals surface area contributed by atoms with Crippen molar-refractivity contribution in [3.8, 4) is 11.5 Å². The fourth-order valence-electron chi connectivity index (χ4n) is 2.03. The van der Waals surface area contributed by atoms with Crippen LogP contribution < -0.4 is 5.73 Å². The number of nitrogens with zero attached hydrogens (tertiary/aromatic N) is 3. The van der Waals surface area contributed by atoms with Gasteiger partial charge in [-0.05, 0) is 37.0 Å². The summed E-state index contributed by atoms with van der Waals surface area (Å²) < 4.78 is 5.33. The predicted octanol–water partition coefficient (Wildman–Crippen LogP) is 2.53. The lowest BCUT2D eigenvalue weighted by atomic mass is 9.97. The highest BCUT2D eigenvalue weighted by molar-refractivity contribution is 5.49. The highest BCUT2D eigenvalue weighted by Crippen LogP contribution is 2.23. The average molecular weight is 260 g/mol. The highest BCUT2D eigenvalue weighted by atomic mass is 16.5. The monoisotopic (exact) mass is 260 g/mol. The molecule has 102 valence electrons. The maximum Gasteiger partial charge on any atom is 0.231 e. The minimum absolute atomic E-state index is 0.117. The van der Waals surface area contributed by atoms with E-state index in [2.05, 4.69) is 29.0 Å². The van der Waals surface area contributed by atoms with Crippen molar-refractivity contribution in [1.29, 1.82) is 0 Å². The van der Waals surface area contributed by atoms with Gasteiger partial charge >= 0.3 is 0 Å². The molecule has 2 aromatic heterocycles. The van der Waals surface area contributed by atoms with Crippen LogP contribution in [0.1, 0.15) is 37.6 Å². The van der Waals surface area contributed by atoms with Gasteiger partial charge in [0.15, 0.2) is 0 Å². The van der Waals surface area contributed by atoms with Gasteiger partial charge in [-0.1, -0.05) is 19.0 Å². The molecule has 0 aliphatic carbocycles. The van der Waals surface area contributed by atoms with Crippen LogP contribution in [0, 0.1) is 12.8 Å². The Kier molecular flexibility index (Phi) is 4.27. The Hall–Kier alpha value is -1.75. The molecule has 0 saturated heterocycles. The predicted molar refractivity (Wildman–Crippen MR) is 73.5 cm³/mol. The van der Waals surface area contributed by atoms with Crippen molar-refractivity contribution in [2.75, 3.05) is 6.54 Å². The Morgan fingerprint density at radius 3 is 2.79 bits per heavy atom. The van der Waals surface area contributed by atoms with Crippen molar-refractivity contribution in [1.82, 2.24) is 15.1 Å². The normalized spacial score (nSPS) is 12.9. The molecule has 1 atom stereocenters. The fourth-order valence-corrected chi connectivity index (χ4v) is 2.03. The first kappa shape index (κ1) is 13.7. The van der Waals surface area contributed by atoms with Gasteiger partial charge in [0.25, 0.3) is 0 Å². The van der Waals surface area contributed by atoms with Crippen LogP contribution in [0.15, 0.2) is 22.9 Å². The Morgan fingerprint density at radius 2 is 2.16 bits per heavy atom. The molecule has 19 heavy (non-hydrogen) atoms. The molecule has 0 aromatic carbocycles. The number of nitrogens with two attached hydrogens (primary N) is 1. The highest BCUT2D eigenvalue weighted by Gasteiger charge is 2.19. The Morgan fingerprint density at radius 1 is 1.37 bits per heavy atom. The zero-order chi connectivity index (χ0) is 13.8. The van der Waals surface area contributed by atoms with Gasteiger partial charge < -0.3 is 10.3 Å². The van der Waals surface area contributed by atoms with Gasteiger partial charge in [0.2, 0.25) is 11.7 Å². The van der Waals surface area contributed by atoms with Crippen molar-refractivity contribution < 1.29 is 4.52 Å². The van der Waals surface area contributed by atoms with Gasteiger partial charge in [0.1, 0.15) is 5.69 Å². The first-order valence-electron chi connectivity index (χ1n) is 6.57. The lowest BCUT2D eigenvalue weighted by Crippen LogP contribution is -2.15. The summed E-state index contributed by atoms with van der Waals surface area (Å²) in [5.41, 5.74) is 7.63. The van der Waals surface area contributed by atoms with Gasteiger partial charge in [-0.2, -0.15) is 4.98 Å². The molecule has 2 heterocycles. The van der Waals surface area contributed by atoms with Crippen molar-refractivity contribution >= 4 is 0 Å². The number of pyridine rings is 1. The number of aryl methyl sites for hydroxylation is 1. The molecular weight excluding hydrogens is 240 g/mol. The largest absolute Gasteiger partial charge is 0.339 e. The minimum Gasteiger partial charge on any atom is -0.339 e. The molecule has 0 amide bonds. The Bertz CT molecular complexity index is 536. The molecule has 0 saturated carbocycles. The van der Waals surface area contributed by atoms with E-state index < -0.39 is 0 Å². The third-order valence-corrected chi connectivity index (χ3v) is 2.98. The van der Waals surface area contributed by atoms with E-state index in [1.807, 2.05) is 19.1 Å². The molecule has 0 aliphatic rings. The van der Waals surface area contributed by atoms with Crippen molar-refractivity contribution in [3.63, 3.8) is 0 Å². The SMILES string of the molecule is Cc1ccnc(-c2noc(C(CN)CC(C)C)n2)c1. The average Bonchev–Trinajstić information content (AvgIpc) is 2.85. The molecular formula is C14H20N4O. The van der Waals surface area contributed by atoms with Gasteiger partial charge in [0.05, 0.1) is 5.92 Å². The van der Waals surface area contributed by atoms with E-state index in [9.17, 15) is 0 Å². The first-order valence-corrected chi connectivity index (χ1v) is 6.57. The summed E-state index contributed by atoms with van der Waals surface area (Å²) in [5, 5.41) is 4.00. The van der Waals surface area contributed by atoms with Crippen LogP contribution in [-0.2, 0) is 0 Å². The zero-order valence-corrected chi connectivity index (χ0v) is 11.6. The standard InChI is InChI=1S/C14H20N4O/c1-9(2)6-11(8-15)14-17-13(18-19-14)12-7-10(3)4-5-16-12/h4-5,7,9,11H,6,8,15H2,1-3H3. The van der Waals surface area contributed by atoms with Crippen LogP contribution in [0.5, 0.6) is 0 Å². The van der Waals surface area contributed by atoms with E-state index in [1.165, 1.54) is 0 Å². The summed E-state index contributed by atoms with van der Waals surface area (Å²) in [6.07, 6.45) is 2.69. The second kappa shape index (κ2) is 5.93. The molecule has 5 nitrogen and oxygen atoms in total. The fraction of sp³-hybridized carbons (Fsp3) is 0.500. The number of hydrogen-bond donors (Lipinski definition) is 1. The van der Waals surface area contributed by atoms with Crippen LogP contribution in [0.25, 0.3) is 11.5 Å². The second-order valence-corrected chi connectivity index (χ2v) is 5.24. The smallest absolute Gasteiger partial charge is 0.231 e. The molecule has 5 heteroatoms. The van der Waals surface area contributed by atoms with Gasteiger partial charge in [-0.3, -0.25) is 4.98 Å². The van der Waals surface area contributed by atoms with E-state index in [1.54, 1.807) is 6.20 Å². The lowest BCUT2D eigenvalue weighted by Gasteiger charge is -2.11. The maximum absolute atomic E-state index is 5.78. The number of aromatic nitrogens is 3. The Balaban J connectivity index is 2.23. The lowest BCUT2D eigenvalue weighted by molar-refractivity contribution is 0.334. The van der Waals surface area contributed by atoms with Gasteiger partial charge in [-0.15, -0.1) is 0 Å². The minimum atomic E-state index is 0.117. The summed E-state index contributed by atoms with van der Waals surface area (Å²) >= 11 is 0. The van der Waals surface area contributed by atoms with Crippen LogP contribution in [0.2, 0.25) is 0 Å². The first-order chi connectivity index (χ1) is 9.10. The van der Waals surface area contributed by atoms with Crippen molar-refractivity contribution in [3.05, 3.63) is 29.8 Å². The zero-order valence-electron chi connectivity index (χ0n) is 11.6. The van der Waals surface area contributed by atoms with Crippen molar-refractivity contribution in [2.45, 2.75) is 33.1 Å². The van der Waals surface area contributed by atoms with E-state index in [4.69, 9.17) is 10.3 Å². The molecule has 0 fully saturated rings.